The number of anilines is 1. The second-order valence-electron chi connectivity index (χ2n) is 10.8. The largest absolute Gasteiger partial charge is 0.343 e. The van der Waals surface area contributed by atoms with Gasteiger partial charge in [-0.2, -0.15) is 0 Å². The van der Waals surface area contributed by atoms with E-state index in [0.29, 0.717) is 18.8 Å². The van der Waals surface area contributed by atoms with Gasteiger partial charge in [-0.3, -0.25) is 19.2 Å². The fourth-order valence-corrected chi connectivity index (χ4v) is 7.43. The van der Waals surface area contributed by atoms with Crippen LogP contribution < -0.4 is 10.0 Å². The number of carbonyl (C=O) groups excluding carboxylic acids is 2. The molecular weight excluding hydrogens is 583 g/mol. The highest BCUT2D eigenvalue weighted by molar-refractivity contribution is 7.99. The second kappa shape index (κ2) is 14.9. The lowest BCUT2D eigenvalue weighted by molar-refractivity contribution is -0.131. The van der Waals surface area contributed by atoms with E-state index in [1.807, 2.05) is 42.5 Å². The van der Waals surface area contributed by atoms with Crippen molar-refractivity contribution in [3.05, 3.63) is 84.4 Å². The van der Waals surface area contributed by atoms with Crippen LogP contribution in [0.3, 0.4) is 0 Å². The third-order valence-corrected chi connectivity index (χ3v) is 10.3. The van der Waals surface area contributed by atoms with Crippen molar-refractivity contribution >= 4 is 39.3 Å². The lowest BCUT2D eigenvalue weighted by Gasteiger charge is -2.35. The van der Waals surface area contributed by atoms with Gasteiger partial charge in [0.2, 0.25) is 5.91 Å². The number of sulfonamides is 1. The van der Waals surface area contributed by atoms with Crippen LogP contribution in [0.1, 0.15) is 29.6 Å². The van der Waals surface area contributed by atoms with Crippen LogP contribution in [0.4, 0.5) is 5.69 Å². The Morgan fingerprint density at radius 1 is 0.744 bits per heavy atom. The highest BCUT2D eigenvalue weighted by Gasteiger charge is 2.22. The fourth-order valence-electron chi connectivity index (χ4n) is 5.36. The SMILES string of the molecule is O=C(NCC(=O)N1CCN(CCCN2CCCC2)CC1)c1ccc(S(=O)(=O)Nc2ccccc2Sc2ccccc2)cc1. The Bertz CT molecular complexity index is 1470. The highest BCUT2D eigenvalue weighted by atomic mass is 32.2. The second-order valence-corrected chi connectivity index (χ2v) is 13.6. The van der Waals surface area contributed by atoms with Crippen LogP contribution in [0.15, 0.2) is 93.5 Å². The van der Waals surface area contributed by atoms with Crippen LogP contribution in [0, 0.1) is 0 Å². The molecule has 0 atom stereocenters. The van der Waals surface area contributed by atoms with Gasteiger partial charge < -0.3 is 15.1 Å². The molecule has 228 valence electrons. The summed E-state index contributed by atoms with van der Waals surface area (Å²) in [7, 11) is -3.89. The van der Waals surface area contributed by atoms with Gasteiger partial charge in [-0.15, -0.1) is 0 Å². The zero-order valence-corrected chi connectivity index (χ0v) is 25.9. The number of likely N-dealkylation sites (tertiary alicyclic amines) is 1. The number of rotatable bonds is 12. The number of benzene rings is 3. The Morgan fingerprint density at radius 3 is 2.07 bits per heavy atom. The van der Waals surface area contributed by atoms with Gasteiger partial charge >= 0.3 is 0 Å². The Kier molecular flexibility index (Phi) is 10.7. The Hall–Kier alpha value is -3.38. The minimum absolute atomic E-state index is 0.0398. The predicted molar refractivity (Wildman–Crippen MR) is 170 cm³/mol. The van der Waals surface area contributed by atoms with Crippen molar-refractivity contribution in [3.63, 3.8) is 0 Å². The van der Waals surface area contributed by atoms with Crippen LogP contribution in [0.25, 0.3) is 0 Å². The van der Waals surface area contributed by atoms with Crippen molar-refractivity contribution in [2.45, 2.75) is 33.9 Å². The first-order valence-electron chi connectivity index (χ1n) is 14.8. The molecular formula is C32H39N5O4S2. The fraction of sp³-hybridized carbons (Fsp3) is 0.375. The summed E-state index contributed by atoms with van der Waals surface area (Å²) in [4.78, 5) is 34.0. The number of hydrogen-bond acceptors (Lipinski definition) is 7. The number of para-hydroxylation sites is 1. The Morgan fingerprint density at radius 2 is 1.37 bits per heavy atom. The van der Waals surface area contributed by atoms with Crippen LogP contribution in [0.2, 0.25) is 0 Å². The summed E-state index contributed by atoms with van der Waals surface area (Å²) in [6.45, 7) is 7.56. The monoisotopic (exact) mass is 621 g/mol. The van der Waals surface area contributed by atoms with Crippen molar-refractivity contribution in [1.29, 1.82) is 0 Å². The van der Waals surface area contributed by atoms with Crippen molar-refractivity contribution in [1.82, 2.24) is 20.0 Å². The number of nitrogens with zero attached hydrogens (tertiary/aromatic N) is 3. The summed E-state index contributed by atoms with van der Waals surface area (Å²) < 4.78 is 29.0. The van der Waals surface area contributed by atoms with Crippen molar-refractivity contribution < 1.29 is 18.0 Å². The maximum absolute atomic E-state index is 13.1. The summed E-state index contributed by atoms with van der Waals surface area (Å²) in [5.74, 6) is -0.532. The van der Waals surface area contributed by atoms with Gasteiger partial charge in [-0.25, -0.2) is 8.42 Å². The average molecular weight is 622 g/mol. The van der Waals surface area contributed by atoms with E-state index in [9.17, 15) is 18.0 Å². The van der Waals surface area contributed by atoms with Crippen LogP contribution in [-0.4, -0.2) is 93.8 Å². The highest BCUT2D eigenvalue weighted by Crippen LogP contribution is 2.34. The molecule has 0 aromatic heterocycles. The number of amides is 2. The smallest absolute Gasteiger partial charge is 0.261 e. The number of carbonyl (C=O) groups is 2. The molecule has 2 amide bonds. The molecule has 9 nitrogen and oxygen atoms in total. The van der Waals surface area contributed by atoms with E-state index in [-0.39, 0.29) is 22.9 Å². The van der Waals surface area contributed by atoms with Crippen molar-refractivity contribution in [2.75, 3.05) is 63.6 Å². The summed E-state index contributed by atoms with van der Waals surface area (Å²) in [5.41, 5.74) is 0.759. The van der Waals surface area contributed by atoms with Crippen LogP contribution in [-0.2, 0) is 14.8 Å². The molecule has 0 radical (unpaired) electrons. The molecule has 2 saturated heterocycles. The Balaban J connectivity index is 1.08. The van der Waals surface area contributed by atoms with E-state index in [0.717, 1.165) is 42.4 Å². The number of piperazine rings is 1. The molecule has 0 bridgehead atoms. The minimum atomic E-state index is -3.89. The molecule has 3 aromatic carbocycles. The predicted octanol–water partition coefficient (Wildman–Crippen LogP) is 4.00. The maximum atomic E-state index is 13.1. The van der Waals surface area contributed by atoms with E-state index in [1.165, 1.54) is 62.0 Å². The lowest BCUT2D eigenvalue weighted by atomic mass is 10.2. The molecule has 2 N–H and O–H groups in total. The molecule has 2 aliphatic heterocycles. The van der Waals surface area contributed by atoms with E-state index in [4.69, 9.17) is 0 Å². The van der Waals surface area contributed by atoms with Gasteiger partial charge in [0.25, 0.3) is 15.9 Å². The molecule has 11 heteroatoms. The number of hydrogen-bond donors (Lipinski definition) is 2. The van der Waals surface area contributed by atoms with E-state index >= 15 is 0 Å². The molecule has 0 unspecified atom stereocenters. The lowest BCUT2D eigenvalue weighted by Crippen LogP contribution is -2.51. The molecule has 0 saturated carbocycles. The van der Waals surface area contributed by atoms with E-state index < -0.39 is 15.9 Å². The molecule has 0 spiro atoms. The van der Waals surface area contributed by atoms with E-state index in [2.05, 4.69) is 19.8 Å². The Labute approximate surface area is 258 Å². The van der Waals surface area contributed by atoms with Gasteiger partial charge in [0.15, 0.2) is 0 Å². The molecule has 2 fully saturated rings. The van der Waals surface area contributed by atoms with Gasteiger partial charge in [0, 0.05) is 41.5 Å². The third-order valence-electron chi connectivity index (χ3n) is 7.80. The number of nitrogens with one attached hydrogen (secondary N) is 2. The zero-order chi connectivity index (χ0) is 30.1. The van der Waals surface area contributed by atoms with Gasteiger partial charge in [-0.05, 0) is 94.0 Å². The topological polar surface area (TPSA) is 102 Å². The van der Waals surface area contributed by atoms with E-state index in [1.54, 1.807) is 17.0 Å². The first-order valence-corrected chi connectivity index (χ1v) is 17.1. The van der Waals surface area contributed by atoms with Crippen LogP contribution in [0.5, 0.6) is 0 Å². The average Bonchev–Trinajstić information content (AvgIpc) is 3.55. The zero-order valence-electron chi connectivity index (χ0n) is 24.3. The quantitative estimate of drug-likeness (QED) is 0.315. The van der Waals surface area contributed by atoms with Gasteiger partial charge in [0.05, 0.1) is 17.1 Å². The first kappa shape index (κ1) is 31.1. The third kappa shape index (κ3) is 8.82. The minimum Gasteiger partial charge on any atom is -0.343 e. The molecule has 0 aliphatic carbocycles. The van der Waals surface area contributed by atoms with Crippen molar-refractivity contribution in [2.24, 2.45) is 0 Å². The normalized spacial score (nSPS) is 16.2. The molecule has 3 aromatic rings. The molecule has 5 rings (SSSR count). The van der Waals surface area contributed by atoms with Crippen molar-refractivity contribution in [3.8, 4) is 0 Å². The standard InChI is InChI=1S/C32H39N5O4S2/c38-31(37-23-21-36(22-24-37)20-8-19-35-17-6-7-18-35)25-33-32(39)26-13-15-28(16-14-26)43(40,41)34-29-11-4-5-12-30(29)42-27-9-2-1-3-10-27/h1-5,9-16,34H,6-8,17-25H2,(H,33,39). The summed E-state index contributed by atoms with van der Waals surface area (Å²) >= 11 is 1.47. The summed E-state index contributed by atoms with van der Waals surface area (Å²) in [6, 6.07) is 22.6. The molecule has 2 aliphatic rings. The molecule has 43 heavy (non-hydrogen) atoms. The maximum Gasteiger partial charge on any atom is 0.261 e. The van der Waals surface area contributed by atoms with Crippen LogP contribution >= 0.6 is 11.8 Å². The van der Waals surface area contributed by atoms with Gasteiger partial charge in [-0.1, -0.05) is 42.1 Å². The summed E-state index contributed by atoms with van der Waals surface area (Å²) in [6.07, 6.45) is 3.78. The van der Waals surface area contributed by atoms with Gasteiger partial charge in [0.1, 0.15) is 0 Å². The molecule has 2 heterocycles. The first-order chi connectivity index (χ1) is 20.9. The summed E-state index contributed by atoms with van der Waals surface area (Å²) in [5, 5.41) is 2.68.